The van der Waals surface area contributed by atoms with Gasteiger partial charge in [-0.25, -0.2) is 0 Å². The van der Waals surface area contributed by atoms with Crippen molar-refractivity contribution in [1.29, 1.82) is 0 Å². The van der Waals surface area contributed by atoms with E-state index in [1.807, 2.05) is 12.1 Å². The molecule has 0 amide bonds. The van der Waals surface area contributed by atoms with Gasteiger partial charge in [0.25, 0.3) is 0 Å². The number of rotatable bonds is 16. The molecule has 0 aliphatic rings. The zero-order valence-corrected chi connectivity index (χ0v) is 22.1. The van der Waals surface area contributed by atoms with Crippen LogP contribution in [0.25, 0.3) is 0 Å². The van der Waals surface area contributed by atoms with E-state index in [0.717, 1.165) is 16.7 Å². The molecular formula is C27H32B3N4O6. The molecular weight excluding hydrogens is 509 g/mol. The largest absolute Gasteiger partial charge is 0.569 e. The highest BCUT2D eigenvalue weighted by atomic mass is 16.5. The Morgan fingerprint density at radius 3 is 1.27 bits per heavy atom. The summed E-state index contributed by atoms with van der Waals surface area (Å²) in [5.41, 5.74) is 3.53. The van der Waals surface area contributed by atoms with Crippen LogP contribution in [0.2, 0.25) is 0 Å². The van der Waals surface area contributed by atoms with Crippen molar-refractivity contribution in [3.05, 3.63) is 89.5 Å². The second-order valence-electron chi connectivity index (χ2n) is 8.82. The van der Waals surface area contributed by atoms with Crippen LogP contribution in [0.1, 0.15) is 16.7 Å². The van der Waals surface area contributed by atoms with E-state index in [1.54, 1.807) is 79.3 Å². The first-order valence-electron chi connectivity index (χ1n) is 12.8. The Hall–Kier alpha value is -3.58. The quantitative estimate of drug-likeness (QED) is 0.114. The highest BCUT2D eigenvalue weighted by Crippen LogP contribution is 2.10. The zero-order valence-electron chi connectivity index (χ0n) is 22.1. The molecule has 1 radical (unpaired) electrons. The molecule has 5 N–H and O–H groups in total. The van der Waals surface area contributed by atoms with Crippen molar-refractivity contribution in [2.75, 3.05) is 39.3 Å². The summed E-state index contributed by atoms with van der Waals surface area (Å²) in [7, 11) is -2.34. The molecule has 0 aliphatic carbocycles. The standard InChI is InChI=1S/C27H32B3N4O6/c35-28-40-27-11-5-24(6-12-27)21-33-15-18-34(16-13-31-19-22-1-7-25(8-2-22)29(36)37)17-14-32-20-23-3-9-26(10-4-23)30(38)39/h1-12,19-21,35-39H,13-18H2. The minimum absolute atomic E-state index is 0.430. The third-order valence-electron chi connectivity index (χ3n) is 5.90. The van der Waals surface area contributed by atoms with E-state index < -0.39 is 14.2 Å². The molecule has 0 aromatic heterocycles. The van der Waals surface area contributed by atoms with Gasteiger partial charge in [0.2, 0.25) is 0 Å². The lowest BCUT2D eigenvalue weighted by Gasteiger charge is -2.19. The Kier molecular flexibility index (Phi) is 13.3. The Balaban J connectivity index is 1.52. The van der Waals surface area contributed by atoms with Crippen LogP contribution in [-0.2, 0) is 0 Å². The Morgan fingerprint density at radius 2 is 0.950 bits per heavy atom. The first-order valence-corrected chi connectivity index (χ1v) is 12.8. The van der Waals surface area contributed by atoms with Gasteiger partial charge in [-0.3, -0.25) is 19.9 Å². The number of benzene rings is 3. The van der Waals surface area contributed by atoms with Crippen molar-refractivity contribution in [2.45, 2.75) is 0 Å². The molecule has 3 rings (SSSR count). The summed E-state index contributed by atoms with van der Waals surface area (Å²) in [6, 6.07) is 20.9. The van der Waals surface area contributed by atoms with Crippen LogP contribution in [0, 0.1) is 0 Å². The van der Waals surface area contributed by atoms with Crippen molar-refractivity contribution < 1.29 is 29.8 Å². The predicted molar refractivity (Wildman–Crippen MR) is 161 cm³/mol. The smallest absolute Gasteiger partial charge is 0.537 e. The van der Waals surface area contributed by atoms with Crippen molar-refractivity contribution in [1.82, 2.24) is 4.90 Å². The maximum atomic E-state index is 9.22. The average Bonchev–Trinajstić information content (AvgIpc) is 2.96. The minimum atomic E-state index is -1.49. The molecule has 10 nitrogen and oxygen atoms in total. The van der Waals surface area contributed by atoms with Crippen LogP contribution in [-0.4, -0.2) is 110 Å². The van der Waals surface area contributed by atoms with E-state index >= 15 is 0 Å². The van der Waals surface area contributed by atoms with Gasteiger partial charge in [0.05, 0.1) is 19.6 Å². The maximum Gasteiger partial charge on any atom is 0.569 e. The van der Waals surface area contributed by atoms with Gasteiger partial charge in [-0.2, -0.15) is 0 Å². The van der Waals surface area contributed by atoms with Crippen LogP contribution in [0.5, 0.6) is 5.75 Å². The van der Waals surface area contributed by atoms with E-state index in [-0.39, 0.29) is 0 Å². The molecule has 0 fully saturated rings. The van der Waals surface area contributed by atoms with Gasteiger partial charge in [0, 0.05) is 38.3 Å². The molecule has 0 bridgehead atoms. The summed E-state index contributed by atoms with van der Waals surface area (Å²) in [4.78, 5) is 15.8. The average molecular weight is 541 g/mol. The zero-order chi connectivity index (χ0) is 28.6. The Bertz CT molecular complexity index is 1160. The summed E-state index contributed by atoms with van der Waals surface area (Å²) in [6.07, 6.45) is 5.31. The molecule has 40 heavy (non-hydrogen) atoms. The van der Waals surface area contributed by atoms with Gasteiger partial charge < -0.3 is 29.8 Å². The molecule has 0 heterocycles. The van der Waals surface area contributed by atoms with E-state index in [2.05, 4.69) is 19.9 Å². The monoisotopic (exact) mass is 541 g/mol. The van der Waals surface area contributed by atoms with Gasteiger partial charge in [-0.05, 0) is 51.9 Å². The van der Waals surface area contributed by atoms with E-state index in [4.69, 9.17) is 9.68 Å². The van der Waals surface area contributed by atoms with E-state index in [1.165, 1.54) is 0 Å². The third-order valence-corrected chi connectivity index (χ3v) is 5.90. The van der Waals surface area contributed by atoms with Crippen LogP contribution in [0.4, 0.5) is 0 Å². The topological polar surface area (TPSA) is 151 Å². The lowest BCUT2D eigenvalue weighted by atomic mass is 9.80. The number of hydrogen-bond donors (Lipinski definition) is 5. The fourth-order valence-electron chi connectivity index (χ4n) is 3.64. The molecule has 0 aliphatic heterocycles. The molecule has 0 spiro atoms. The molecule has 3 aromatic rings. The van der Waals surface area contributed by atoms with Crippen molar-refractivity contribution in [2.24, 2.45) is 15.0 Å². The lowest BCUT2D eigenvalue weighted by molar-refractivity contribution is 0.298. The Labute approximate surface area is 235 Å². The second-order valence-corrected chi connectivity index (χ2v) is 8.82. The van der Waals surface area contributed by atoms with Gasteiger partial charge in [0.1, 0.15) is 5.75 Å². The first-order chi connectivity index (χ1) is 19.4. The SMILES string of the molecule is O[B]Oc1ccc(C=NCCN(CCN=Cc2ccc(B(O)O)cc2)CCN=Cc2ccc(B(O)O)cc2)cc1. The van der Waals surface area contributed by atoms with Gasteiger partial charge in [-0.1, -0.05) is 48.5 Å². The fraction of sp³-hybridized carbons (Fsp3) is 0.222. The normalized spacial score (nSPS) is 11.7. The number of aliphatic imine (C=N–C) groups is 3. The molecule has 205 valence electrons. The fourth-order valence-corrected chi connectivity index (χ4v) is 3.64. The number of hydrogen-bond acceptors (Lipinski definition) is 10. The van der Waals surface area contributed by atoms with E-state index in [0.29, 0.717) is 63.6 Å². The van der Waals surface area contributed by atoms with Crippen molar-refractivity contribution in [3.8, 4) is 5.75 Å². The van der Waals surface area contributed by atoms with Gasteiger partial charge in [0.15, 0.2) is 0 Å². The second kappa shape index (κ2) is 17.2. The highest BCUT2D eigenvalue weighted by Gasteiger charge is 2.10. The Morgan fingerprint density at radius 1 is 0.600 bits per heavy atom. The van der Waals surface area contributed by atoms with Crippen LogP contribution >= 0.6 is 0 Å². The minimum Gasteiger partial charge on any atom is -0.537 e. The summed E-state index contributed by atoms with van der Waals surface area (Å²) >= 11 is 0. The summed E-state index contributed by atoms with van der Waals surface area (Å²) in [6.45, 7) is 3.88. The molecule has 0 saturated heterocycles. The summed E-state index contributed by atoms with van der Waals surface area (Å²) in [5, 5.41) is 45.6. The third kappa shape index (κ3) is 11.3. The molecule has 3 aromatic carbocycles. The molecule has 0 saturated carbocycles. The lowest BCUT2D eigenvalue weighted by Crippen LogP contribution is -2.31. The molecule has 0 atom stereocenters. The van der Waals surface area contributed by atoms with Crippen molar-refractivity contribution >= 4 is 51.5 Å². The predicted octanol–water partition coefficient (Wildman–Crippen LogP) is -1.09. The summed E-state index contributed by atoms with van der Waals surface area (Å²) < 4.78 is 4.91. The van der Waals surface area contributed by atoms with Crippen molar-refractivity contribution in [3.63, 3.8) is 0 Å². The first kappa shape index (κ1) is 31.0. The van der Waals surface area contributed by atoms with Gasteiger partial charge in [-0.15, -0.1) is 0 Å². The molecule has 13 heteroatoms. The number of nitrogens with zero attached hydrogens (tertiary/aromatic N) is 4. The summed E-state index contributed by atoms with van der Waals surface area (Å²) in [5.74, 6) is 0.538. The highest BCUT2D eigenvalue weighted by molar-refractivity contribution is 6.58. The maximum absolute atomic E-state index is 9.22. The van der Waals surface area contributed by atoms with Crippen LogP contribution in [0.3, 0.4) is 0 Å². The van der Waals surface area contributed by atoms with Crippen LogP contribution < -0.4 is 15.6 Å². The molecule has 0 unspecified atom stereocenters. The van der Waals surface area contributed by atoms with E-state index in [9.17, 15) is 20.1 Å². The van der Waals surface area contributed by atoms with Crippen LogP contribution in [0.15, 0.2) is 87.8 Å². The van der Waals surface area contributed by atoms with Gasteiger partial charge >= 0.3 is 21.9 Å².